The summed E-state index contributed by atoms with van der Waals surface area (Å²) in [6.45, 7) is 6.34. The van der Waals surface area contributed by atoms with Crippen molar-refractivity contribution in [3.05, 3.63) is 71.6 Å². The first-order valence-corrected chi connectivity index (χ1v) is 12.4. The van der Waals surface area contributed by atoms with E-state index in [0.717, 1.165) is 43.0 Å². The summed E-state index contributed by atoms with van der Waals surface area (Å²) in [6.07, 6.45) is 3.57. The fourth-order valence-electron chi connectivity index (χ4n) is 4.02. The van der Waals surface area contributed by atoms with Crippen molar-refractivity contribution in [3.63, 3.8) is 0 Å². The Morgan fingerprint density at radius 3 is 2.24 bits per heavy atom. The molecule has 1 saturated heterocycles. The zero-order valence-electron chi connectivity index (χ0n) is 19.4. The van der Waals surface area contributed by atoms with Crippen LogP contribution >= 0.6 is 11.8 Å². The van der Waals surface area contributed by atoms with Crippen molar-refractivity contribution in [1.82, 2.24) is 25.0 Å². The minimum Gasteiger partial charge on any atom is -0.349 e. The highest BCUT2D eigenvalue weighted by atomic mass is 32.2. The van der Waals surface area contributed by atoms with Gasteiger partial charge in [-0.2, -0.15) is 0 Å². The molecule has 2 aromatic carbocycles. The standard InChI is InChI=1S/C25H29F2N5OS/c1-17(19-6-8-20(26)9-7-19)28-24(33)18(2)34-25-30-29-23(16-31-14-4-3-5-15-31)32(25)22-12-10-21(27)11-13-22/h6-13,17-18H,3-5,14-16H2,1-2H3,(H,28,33)/t17-,18+/m1/s1. The third-order valence-corrected chi connectivity index (χ3v) is 7.02. The lowest BCUT2D eigenvalue weighted by Crippen LogP contribution is -2.33. The molecule has 9 heteroatoms. The monoisotopic (exact) mass is 485 g/mol. The van der Waals surface area contributed by atoms with Crippen molar-refractivity contribution in [2.24, 2.45) is 0 Å². The van der Waals surface area contributed by atoms with E-state index in [2.05, 4.69) is 20.4 Å². The van der Waals surface area contributed by atoms with Crippen molar-refractivity contribution in [2.75, 3.05) is 13.1 Å². The zero-order chi connectivity index (χ0) is 24.1. The second-order valence-corrected chi connectivity index (χ2v) is 9.90. The Morgan fingerprint density at radius 1 is 0.971 bits per heavy atom. The number of aromatic nitrogens is 3. The topological polar surface area (TPSA) is 63.1 Å². The van der Waals surface area contributed by atoms with Gasteiger partial charge in [-0.05, 0) is 81.7 Å². The average Bonchev–Trinajstić information content (AvgIpc) is 3.22. The Labute approximate surface area is 202 Å². The molecule has 2 heterocycles. The molecular weight excluding hydrogens is 456 g/mol. The number of thioether (sulfide) groups is 1. The number of likely N-dealkylation sites (tertiary alicyclic amines) is 1. The molecule has 180 valence electrons. The first kappa shape index (κ1) is 24.3. The lowest BCUT2D eigenvalue weighted by atomic mass is 10.1. The van der Waals surface area contributed by atoms with E-state index in [1.165, 1.54) is 42.4 Å². The van der Waals surface area contributed by atoms with Crippen LogP contribution in [-0.4, -0.2) is 43.9 Å². The molecule has 4 rings (SSSR count). The van der Waals surface area contributed by atoms with Gasteiger partial charge >= 0.3 is 0 Å². The van der Waals surface area contributed by atoms with E-state index in [9.17, 15) is 13.6 Å². The van der Waals surface area contributed by atoms with Gasteiger partial charge in [0.15, 0.2) is 11.0 Å². The van der Waals surface area contributed by atoms with E-state index in [1.54, 1.807) is 24.3 Å². The maximum Gasteiger partial charge on any atom is 0.233 e. The van der Waals surface area contributed by atoms with E-state index < -0.39 is 5.25 Å². The van der Waals surface area contributed by atoms with Gasteiger partial charge in [-0.15, -0.1) is 10.2 Å². The second-order valence-electron chi connectivity index (χ2n) is 8.59. The summed E-state index contributed by atoms with van der Waals surface area (Å²) in [7, 11) is 0. The highest BCUT2D eigenvalue weighted by molar-refractivity contribution is 8.00. The number of piperidine rings is 1. The molecule has 0 bridgehead atoms. The molecule has 1 aromatic heterocycles. The first-order chi connectivity index (χ1) is 16.4. The van der Waals surface area contributed by atoms with Crippen molar-refractivity contribution in [1.29, 1.82) is 0 Å². The molecule has 1 fully saturated rings. The number of benzene rings is 2. The molecule has 1 aliphatic rings. The van der Waals surface area contributed by atoms with Crippen LogP contribution in [0.3, 0.4) is 0 Å². The predicted molar refractivity (Wildman–Crippen MR) is 129 cm³/mol. The predicted octanol–water partition coefficient (Wildman–Crippen LogP) is 4.89. The fourth-order valence-corrected chi connectivity index (χ4v) is 4.92. The van der Waals surface area contributed by atoms with Crippen LogP contribution in [0.4, 0.5) is 8.78 Å². The first-order valence-electron chi connectivity index (χ1n) is 11.6. The van der Waals surface area contributed by atoms with Crippen LogP contribution in [-0.2, 0) is 11.3 Å². The molecule has 0 spiro atoms. The molecular formula is C25H29F2N5OS. The molecule has 2 atom stereocenters. The summed E-state index contributed by atoms with van der Waals surface area (Å²) in [5.41, 5.74) is 1.58. The maximum atomic E-state index is 13.6. The van der Waals surface area contributed by atoms with Crippen LogP contribution in [0.2, 0.25) is 0 Å². The zero-order valence-corrected chi connectivity index (χ0v) is 20.2. The van der Waals surface area contributed by atoms with Crippen LogP contribution in [0.25, 0.3) is 5.69 Å². The number of carbonyl (C=O) groups excluding carboxylic acids is 1. The molecule has 0 aliphatic carbocycles. The van der Waals surface area contributed by atoms with E-state index in [-0.39, 0.29) is 23.6 Å². The summed E-state index contributed by atoms with van der Waals surface area (Å²) in [5, 5.41) is 11.9. The van der Waals surface area contributed by atoms with Gasteiger partial charge in [0.25, 0.3) is 0 Å². The molecule has 0 radical (unpaired) electrons. The third kappa shape index (κ3) is 6.01. The van der Waals surface area contributed by atoms with Gasteiger partial charge in [0.05, 0.1) is 17.8 Å². The number of amides is 1. The minimum atomic E-state index is -0.450. The molecule has 34 heavy (non-hydrogen) atoms. The lowest BCUT2D eigenvalue weighted by molar-refractivity contribution is -0.120. The Balaban J connectivity index is 1.51. The summed E-state index contributed by atoms with van der Waals surface area (Å²) in [6, 6.07) is 12.0. The highest BCUT2D eigenvalue weighted by Gasteiger charge is 2.24. The number of nitrogens with zero attached hydrogens (tertiary/aromatic N) is 4. The minimum absolute atomic E-state index is 0.159. The van der Waals surface area contributed by atoms with E-state index >= 15 is 0 Å². The van der Waals surface area contributed by atoms with Crippen LogP contribution in [0.5, 0.6) is 0 Å². The fraction of sp³-hybridized carbons (Fsp3) is 0.400. The van der Waals surface area contributed by atoms with Crippen molar-refractivity contribution in [3.8, 4) is 5.69 Å². The molecule has 6 nitrogen and oxygen atoms in total. The van der Waals surface area contributed by atoms with E-state index in [0.29, 0.717) is 11.7 Å². The second kappa shape index (κ2) is 11.1. The van der Waals surface area contributed by atoms with Gasteiger partial charge in [0, 0.05) is 5.69 Å². The molecule has 1 amide bonds. The Hall–Kier alpha value is -2.78. The largest absolute Gasteiger partial charge is 0.349 e. The number of rotatable bonds is 8. The van der Waals surface area contributed by atoms with Gasteiger partial charge in [0.1, 0.15) is 11.6 Å². The van der Waals surface area contributed by atoms with Crippen molar-refractivity contribution < 1.29 is 13.6 Å². The van der Waals surface area contributed by atoms with Gasteiger partial charge in [0.2, 0.25) is 5.91 Å². The number of hydrogen-bond acceptors (Lipinski definition) is 5. The maximum absolute atomic E-state index is 13.6. The van der Waals surface area contributed by atoms with Crippen LogP contribution in [0, 0.1) is 11.6 Å². The summed E-state index contributed by atoms with van der Waals surface area (Å²) in [5.74, 6) is -0.0193. The number of carbonyl (C=O) groups is 1. The number of nitrogens with one attached hydrogen (secondary N) is 1. The summed E-state index contributed by atoms with van der Waals surface area (Å²) >= 11 is 1.30. The van der Waals surface area contributed by atoms with Gasteiger partial charge in [-0.1, -0.05) is 30.3 Å². The van der Waals surface area contributed by atoms with Crippen LogP contribution in [0.1, 0.15) is 50.5 Å². The summed E-state index contributed by atoms with van der Waals surface area (Å²) in [4.78, 5) is 15.2. The van der Waals surface area contributed by atoms with Crippen molar-refractivity contribution in [2.45, 2.75) is 56.1 Å². The van der Waals surface area contributed by atoms with Gasteiger partial charge < -0.3 is 5.32 Å². The van der Waals surface area contributed by atoms with E-state index in [1.807, 2.05) is 18.4 Å². The number of hydrogen-bond donors (Lipinski definition) is 1. The van der Waals surface area contributed by atoms with Crippen LogP contribution < -0.4 is 5.32 Å². The molecule has 1 aliphatic heterocycles. The summed E-state index contributed by atoms with van der Waals surface area (Å²) < 4.78 is 28.7. The third-order valence-electron chi connectivity index (χ3n) is 5.98. The molecule has 3 aromatic rings. The Morgan fingerprint density at radius 2 is 1.59 bits per heavy atom. The molecule has 0 saturated carbocycles. The SMILES string of the molecule is C[C@H](Sc1nnc(CN2CCCCC2)n1-c1ccc(F)cc1)C(=O)N[C@H](C)c1ccc(F)cc1. The molecule has 0 unspecified atom stereocenters. The van der Waals surface area contributed by atoms with Crippen LogP contribution in [0.15, 0.2) is 53.7 Å². The quantitative estimate of drug-likeness (QED) is 0.461. The highest BCUT2D eigenvalue weighted by Crippen LogP contribution is 2.27. The smallest absolute Gasteiger partial charge is 0.233 e. The molecule has 1 N–H and O–H groups in total. The normalized spacial score (nSPS) is 16.2. The van der Waals surface area contributed by atoms with Crippen molar-refractivity contribution >= 4 is 17.7 Å². The van der Waals surface area contributed by atoms with E-state index in [4.69, 9.17) is 0 Å². The number of halogens is 2. The average molecular weight is 486 g/mol. The Kier molecular flexibility index (Phi) is 7.95. The lowest BCUT2D eigenvalue weighted by Gasteiger charge is -2.26. The van der Waals surface area contributed by atoms with Gasteiger partial charge in [-0.3, -0.25) is 14.3 Å². The van der Waals surface area contributed by atoms with Gasteiger partial charge in [-0.25, -0.2) is 8.78 Å². The Bertz CT molecular complexity index is 1100.